The number of nitrogens with zero attached hydrogens (tertiary/aromatic N) is 1. The topological polar surface area (TPSA) is 55.6 Å². The molecular formula is C7H14N2O2. The summed E-state index contributed by atoms with van der Waals surface area (Å²) in [7, 11) is 0. The quantitative estimate of drug-likeness (QED) is 0.572. The van der Waals surface area contributed by atoms with Crippen LogP contribution < -0.4 is 5.73 Å². The summed E-state index contributed by atoms with van der Waals surface area (Å²) < 4.78 is 5.05. The maximum atomic E-state index is 11.1. The average molecular weight is 158 g/mol. The Morgan fingerprint density at radius 2 is 2.55 bits per heavy atom. The molecule has 1 heterocycles. The third-order valence-electron chi connectivity index (χ3n) is 1.91. The summed E-state index contributed by atoms with van der Waals surface area (Å²) in [6, 6.07) is 0.0845. The lowest BCUT2D eigenvalue weighted by atomic mass is 10.2. The molecule has 1 unspecified atom stereocenters. The van der Waals surface area contributed by atoms with Gasteiger partial charge in [0.2, 0.25) is 5.91 Å². The Bertz CT molecular complexity index is 149. The van der Waals surface area contributed by atoms with Crippen molar-refractivity contribution >= 4 is 5.91 Å². The summed E-state index contributed by atoms with van der Waals surface area (Å²) in [5, 5.41) is 0. The van der Waals surface area contributed by atoms with Crippen molar-refractivity contribution in [3.63, 3.8) is 0 Å². The second-order valence-corrected chi connectivity index (χ2v) is 2.58. The van der Waals surface area contributed by atoms with E-state index in [2.05, 4.69) is 0 Å². The molecule has 1 aliphatic rings. The summed E-state index contributed by atoms with van der Waals surface area (Å²) in [6.45, 7) is 3.95. The second-order valence-electron chi connectivity index (χ2n) is 2.58. The van der Waals surface area contributed by atoms with Crippen molar-refractivity contribution in [3.05, 3.63) is 0 Å². The maximum Gasteiger partial charge on any atom is 0.248 e. The molecule has 0 bridgehead atoms. The SMILES string of the molecule is CCN1C(=O)COCC1CN. The molecule has 0 aromatic rings. The first kappa shape index (κ1) is 8.49. The molecule has 1 saturated heterocycles. The van der Waals surface area contributed by atoms with E-state index < -0.39 is 0 Å². The highest BCUT2D eigenvalue weighted by molar-refractivity contribution is 5.78. The first-order valence-corrected chi connectivity index (χ1v) is 3.86. The first-order chi connectivity index (χ1) is 5.29. The van der Waals surface area contributed by atoms with E-state index in [0.29, 0.717) is 13.2 Å². The van der Waals surface area contributed by atoms with Crippen molar-refractivity contribution in [2.45, 2.75) is 13.0 Å². The molecule has 0 spiro atoms. The Kier molecular flexibility index (Phi) is 2.84. The number of likely N-dealkylation sites (N-methyl/N-ethyl adjacent to an activating group) is 1. The lowest BCUT2D eigenvalue weighted by molar-refractivity contribution is -0.147. The van der Waals surface area contributed by atoms with Gasteiger partial charge in [0.1, 0.15) is 6.61 Å². The van der Waals surface area contributed by atoms with Gasteiger partial charge in [0.05, 0.1) is 12.6 Å². The monoisotopic (exact) mass is 158 g/mol. The van der Waals surface area contributed by atoms with Crippen molar-refractivity contribution in [2.24, 2.45) is 5.73 Å². The van der Waals surface area contributed by atoms with Crippen LogP contribution in [0.4, 0.5) is 0 Å². The highest BCUT2D eigenvalue weighted by Gasteiger charge is 2.25. The number of hydrogen-bond donors (Lipinski definition) is 1. The minimum absolute atomic E-state index is 0.0502. The molecule has 1 amide bonds. The summed E-state index contributed by atoms with van der Waals surface area (Å²) in [5.74, 6) is 0.0502. The summed E-state index contributed by atoms with van der Waals surface area (Å²) >= 11 is 0. The van der Waals surface area contributed by atoms with Gasteiger partial charge >= 0.3 is 0 Å². The number of ether oxygens (including phenoxy) is 1. The van der Waals surface area contributed by atoms with Gasteiger partial charge in [0.25, 0.3) is 0 Å². The molecule has 1 atom stereocenters. The summed E-state index contributed by atoms with van der Waals surface area (Å²) in [5.41, 5.74) is 5.46. The largest absolute Gasteiger partial charge is 0.369 e. The fourth-order valence-corrected chi connectivity index (χ4v) is 1.29. The van der Waals surface area contributed by atoms with Crippen molar-refractivity contribution in [3.8, 4) is 0 Å². The van der Waals surface area contributed by atoms with Gasteiger partial charge in [0, 0.05) is 13.1 Å². The van der Waals surface area contributed by atoms with E-state index in [1.54, 1.807) is 4.90 Å². The molecule has 11 heavy (non-hydrogen) atoms. The maximum absolute atomic E-state index is 11.1. The van der Waals surface area contributed by atoms with E-state index in [1.165, 1.54) is 0 Å². The zero-order chi connectivity index (χ0) is 8.27. The molecule has 1 aliphatic heterocycles. The fraction of sp³-hybridized carbons (Fsp3) is 0.857. The molecule has 0 aromatic heterocycles. The summed E-state index contributed by atoms with van der Waals surface area (Å²) in [4.78, 5) is 12.9. The number of rotatable bonds is 2. The molecule has 0 radical (unpaired) electrons. The van der Waals surface area contributed by atoms with Crippen molar-refractivity contribution in [1.82, 2.24) is 4.90 Å². The Balaban J connectivity index is 2.56. The number of carbonyl (C=O) groups is 1. The van der Waals surface area contributed by atoms with Crippen LogP contribution in [0, 0.1) is 0 Å². The van der Waals surface area contributed by atoms with Crippen LogP contribution in [-0.2, 0) is 9.53 Å². The highest BCUT2D eigenvalue weighted by atomic mass is 16.5. The highest BCUT2D eigenvalue weighted by Crippen LogP contribution is 2.05. The van der Waals surface area contributed by atoms with Crippen LogP contribution in [0.1, 0.15) is 6.92 Å². The molecule has 64 valence electrons. The summed E-state index contributed by atoms with van der Waals surface area (Å²) in [6.07, 6.45) is 0. The predicted molar refractivity (Wildman–Crippen MR) is 41.0 cm³/mol. The van der Waals surface area contributed by atoms with Crippen LogP contribution in [0.5, 0.6) is 0 Å². The Morgan fingerprint density at radius 1 is 1.82 bits per heavy atom. The van der Waals surface area contributed by atoms with Gasteiger partial charge in [-0.2, -0.15) is 0 Å². The Morgan fingerprint density at radius 3 is 3.00 bits per heavy atom. The number of hydrogen-bond acceptors (Lipinski definition) is 3. The lowest BCUT2D eigenvalue weighted by Crippen LogP contribution is -2.52. The van der Waals surface area contributed by atoms with Gasteiger partial charge in [-0.25, -0.2) is 0 Å². The molecule has 0 saturated carbocycles. The van der Waals surface area contributed by atoms with Crippen molar-refractivity contribution in [1.29, 1.82) is 0 Å². The van der Waals surface area contributed by atoms with Crippen LogP contribution >= 0.6 is 0 Å². The van der Waals surface area contributed by atoms with Gasteiger partial charge in [-0.3, -0.25) is 4.79 Å². The predicted octanol–water partition coefficient (Wildman–Crippen LogP) is -0.808. The van der Waals surface area contributed by atoms with Gasteiger partial charge in [-0.15, -0.1) is 0 Å². The molecule has 0 aromatic carbocycles. The Hall–Kier alpha value is -0.610. The van der Waals surface area contributed by atoms with Gasteiger partial charge in [-0.1, -0.05) is 0 Å². The van der Waals surface area contributed by atoms with Crippen LogP contribution in [0.2, 0.25) is 0 Å². The normalized spacial score (nSPS) is 25.8. The molecule has 0 aliphatic carbocycles. The number of carbonyl (C=O) groups excluding carboxylic acids is 1. The third kappa shape index (κ3) is 1.70. The van der Waals surface area contributed by atoms with Crippen LogP contribution in [-0.4, -0.2) is 43.2 Å². The van der Waals surface area contributed by atoms with Gasteiger partial charge in [-0.05, 0) is 6.92 Å². The third-order valence-corrected chi connectivity index (χ3v) is 1.91. The fourth-order valence-electron chi connectivity index (χ4n) is 1.29. The van der Waals surface area contributed by atoms with E-state index in [9.17, 15) is 4.79 Å². The van der Waals surface area contributed by atoms with Gasteiger partial charge in [0.15, 0.2) is 0 Å². The molecule has 2 N–H and O–H groups in total. The van der Waals surface area contributed by atoms with Crippen molar-refractivity contribution < 1.29 is 9.53 Å². The number of amides is 1. The molecule has 1 fully saturated rings. The standard InChI is InChI=1S/C7H14N2O2/c1-2-9-6(3-8)4-11-5-7(9)10/h6H,2-5,8H2,1H3. The zero-order valence-electron chi connectivity index (χ0n) is 6.75. The molecule has 4 nitrogen and oxygen atoms in total. The van der Waals surface area contributed by atoms with Crippen LogP contribution in [0.3, 0.4) is 0 Å². The minimum Gasteiger partial charge on any atom is -0.369 e. The molecule has 4 heteroatoms. The number of morpholine rings is 1. The van der Waals surface area contributed by atoms with Gasteiger partial charge < -0.3 is 15.4 Å². The molecule has 1 rings (SSSR count). The molecular weight excluding hydrogens is 144 g/mol. The van der Waals surface area contributed by atoms with E-state index >= 15 is 0 Å². The van der Waals surface area contributed by atoms with Crippen LogP contribution in [0.15, 0.2) is 0 Å². The smallest absolute Gasteiger partial charge is 0.248 e. The van der Waals surface area contributed by atoms with Crippen molar-refractivity contribution in [2.75, 3.05) is 26.3 Å². The minimum atomic E-state index is 0.0502. The zero-order valence-corrected chi connectivity index (χ0v) is 6.75. The first-order valence-electron chi connectivity index (χ1n) is 3.86. The van der Waals surface area contributed by atoms with E-state index in [1.807, 2.05) is 6.92 Å². The van der Waals surface area contributed by atoms with Crippen LogP contribution in [0.25, 0.3) is 0 Å². The average Bonchev–Trinajstić information content (AvgIpc) is 2.04. The van der Waals surface area contributed by atoms with E-state index in [-0.39, 0.29) is 18.6 Å². The van der Waals surface area contributed by atoms with E-state index in [0.717, 1.165) is 6.54 Å². The lowest BCUT2D eigenvalue weighted by Gasteiger charge is -2.33. The van der Waals surface area contributed by atoms with E-state index in [4.69, 9.17) is 10.5 Å². The number of nitrogens with two attached hydrogens (primary N) is 1. The Labute approximate surface area is 66.3 Å². The second kappa shape index (κ2) is 3.69.